The molecule has 5 N–H and O–H groups in total. The van der Waals surface area contributed by atoms with Gasteiger partial charge in [0.05, 0.1) is 55.2 Å². The lowest BCUT2D eigenvalue weighted by molar-refractivity contribution is -0.0226. The minimum Gasteiger partial charge on any atom is -0.507 e. The number of benzene rings is 2. The molecule has 14 heteroatoms. The Balaban J connectivity index is 1.57. The fourth-order valence-electron chi connectivity index (χ4n) is 4.60. The first-order valence-corrected chi connectivity index (χ1v) is 16.5. The van der Waals surface area contributed by atoms with Crippen LogP contribution in [0.2, 0.25) is 0 Å². The van der Waals surface area contributed by atoms with Crippen LogP contribution in [-0.4, -0.2) is 105 Å². The van der Waals surface area contributed by atoms with E-state index in [0.717, 1.165) is 0 Å². The summed E-state index contributed by atoms with van der Waals surface area (Å²) in [6, 6.07) is 11.1. The number of phenols is 1. The first kappa shape index (κ1) is 38.2. The second-order valence-electron chi connectivity index (χ2n) is 12.1. The van der Waals surface area contributed by atoms with Crippen molar-refractivity contribution in [3.63, 3.8) is 0 Å². The van der Waals surface area contributed by atoms with Crippen molar-refractivity contribution in [1.29, 1.82) is 0 Å². The molecule has 0 saturated carbocycles. The molecular weight excluding hydrogens is 648 g/mol. The van der Waals surface area contributed by atoms with Gasteiger partial charge in [0.2, 0.25) is 5.95 Å². The second-order valence-corrected chi connectivity index (χ2v) is 12.1. The highest BCUT2D eigenvalue weighted by Gasteiger charge is 2.26. The van der Waals surface area contributed by atoms with Crippen LogP contribution in [0.5, 0.6) is 11.5 Å². The molecule has 1 aromatic heterocycles. The second kappa shape index (κ2) is 18.4. The summed E-state index contributed by atoms with van der Waals surface area (Å²) in [5.41, 5.74) is 1.20. The number of allylic oxidation sites excluding steroid dienone is 1. The van der Waals surface area contributed by atoms with Crippen LogP contribution < -0.4 is 10.1 Å². The van der Waals surface area contributed by atoms with Gasteiger partial charge in [0.25, 0.3) is 0 Å². The lowest BCUT2D eigenvalue weighted by atomic mass is 9.96. The van der Waals surface area contributed by atoms with Crippen molar-refractivity contribution in [3.05, 3.63) is 77.8 Å². The number of anilines is 2. The summed E-state index contributed by atoms with van der Waals surface area (Å²) in [6.07, 6.45) is 1.97. The van der Waals surface area contributed by atoms with Crippen LogP contribution in [0.15, 0.2) is 66.5 Å². The zero-order chi connectivity index (χ0) is 36.2. The quantitative estimate of drug-likeness (QED) is 0.120. The number of rotatable bonds is 18. The molecule has 0 bridgehead atoms. The Hall–Kier alpha value is -4.60. The highest BCUT2D eigenvalue weighted by atomic mass is 16.5. The number of carbonyl (C=O) groups excluding carboxylic acids is 1. The molecule has 0 aliphatic heterocycles. The predicted molar refractivity (Wildman–Crippen MR) is 184 cm³/mol. The smallest absolute Gasteiger partial charge is 0.338 e. The molecule has 4 unspecified atom stereocenters. The van der Waals surface area contributed by atoms with Gasteiger partial charge in [-0.25, -0.2) is 9.78 Å². The lowest BCUT2D eigenvalue weighted by Crippen LogP contribution is -2.25. The number of hydrogen-bond acceptors (Lipinski definition) is 14. The molecule has 1 aliphatic rings. The average Bonchev–Trinajstić information content (AvgIpc) is 3.08. The number of hydrogen-bond donors (Lipinski definition) is 5. The summed E-state index contributed by atoms with van der Waals surface area (Å²) >= 11 is 0. The normalized spacial score (nSPS) is 17.0. The maximum atomic E-state index is 12.1. The number of carbonyl (C=O) groups is 1. The molecule has 2 aromatic carbocycles. The molecule has 4 rings (SSSR count). The number of esters is 1. The van der Waals surface area contributed by atoms with E-state index >= 15 is 0 Å². The SMILES string of the molecule is CCOC(=O)c1ccc(Nc2nc(-c3ccc(OCC(O)COC(C)C)cc3O)nc(C3C=CC(OCC(O)COC(C)C)=CC3O)n2)cc1. The van der Waals surface area contributed by atoms with Gasteiger partial charge in [-0.1, -0.05) is 6.08 Å². The molecule has 14 nitrogen and oxygen atoms in total. The van der Waals surface area contributed by atoms with E-state index in [1.165, 1.54) is 12.1 Å². The molecule has 0 radical (unpaired) electrons. The molecule has 4 atom stereocenters. The Bertz CT molecular complexity index is 1610. The van der Waals surface area contributed by atoms with E-state index in [1.807, 2.05) is 27.7 Å². The zero-order valence-electron chi connectivity index (χ0n) is 28.9. The summed E-state index contributed by atoms with van der Waals surface area (Å²) in [5, 5.41) is 45.5. The number of aliphatic hydroxyl groups is 3. The molecule has 0 saturated heterocycles. The summed E-state index contributed by atoms with van der Waals surface area (Å²) in [5.74, 6) is -0.265. The maximum Gasteiger partial charge on any atom is 0.338 e. The molecule has 1 heterocycles. The van der Waals surface area contributed by atoms with Crippen LogP contribution in [0.25, 0.3) is 11.4 Å². The topological polar surface area (TPSA) is 195 Å². The predicted octanol–water partition coefficient (Wildman–Crippen LogP) is 4.03. The first-order chi connectivity index (χ1) is 23.9. The summed E-state index contributed by atoms with van der Waals surface area (Å²) in [7, 11) is 0. The van der Waals surface area contributed by atoms with Crippen LogP contribution in [-0.2, 0) is 18.9 Å². The van der Waals surface area contributed by atoms with Gasteiger partial charge >= 0.3 is 5.97 Å². The largest absolute Gasteiger partial charge is 0.507 e. The van der Waals surface area contributed by atoms with Crippen LogP contribution in [0, 0.1) is 0 Å². The summed E-state index contributed by atoms with van der Waals surface area (Å²) < 4.78 is 27.2. The standard InChI is InChI=1S/C36H46N4O10/c1-6-46-35(45)23-7-9-24(10-8-23)37-36-39-33(29-13-11-27(15-31(29)43)49-19-25(41)17-47-21(2)3)38-34(40-36)30-14-12-28(16-32(30)44)50-20-26(42)18-48-22(4)5/h7-16,21-22,25-26,29,31,41-44H,6,17-20H2,1-5H3,(H,37,38,39,40). The van der Waals surface area contributed by atoms with Crippen molar-refractivity contribution in [1.82, 2.24) is 15.0 Å². The molecule has 270 valence electrons. The van der Waals surface area contributed by atoms with Gasteiger partial charge in [0.1, 0.15) is 48.5 Å². The van der Waals surface area contributed by atoms with Crippen molar-refractivity contribution in [2.24, 2.45) is 0 Å². The molecule has 0 fully saturated rings. The number of phenolic OH excluding ortho intramolecular Hbond substituents is 1. The van der Waals surface area contributed by atoms with Gasteiger partial charge in [-0.15, -0.1) is 0 Å². The fourth-order valence-corrected chi connectivity index (χ4v) is 4.60. The van der Waals surface area contributed by atoms with Gasteiger partial charge in [0.15, 0.2) is 5.82 Å². The minimum atomic E-state index is -1.10. The van der Waals surface area contributed by atoms with Gasteiger partial charge in [0, 0.05) is 11.8 Å². The van der Waals surface area contributed by atoms with Crippen LogP contribution in [0.4, 0.5) is 11.6 Å². The highest BCUT2D eigenvalue weighted by Crippen LogP contribution is 2.33. The van der Waals surface area contributed by atoms with Crippen molar-refractivity contribution in [3.8, 4) is 22.9 Å². The van der Waals surface area contributed by atoms with E-state index in [0.29, 0.717) is 22.8 Å². The Kier molecular flexibility index (Phi) is 14.1. The molecule has 0 amide bonds. The van der Waals surface area contributed by atoms with E-state index < -0.39 is 30.2 Å². The Morgan fingerprint density at radius 3 is 2.14 bits per heavy atom. The van der Waals surface area contributed by atoms with Crippen LogP contribution in [0.3, 0.4) is 0 Å². The fraction of sp³-hybridized carbons (Fsp3) is 0.444. The minimum absolute atomic E-state index is 0.0249. The van der Waals surface area contributed by atoms with E-state index in [2.05, 4.69) is 20.3 Å². The average molecular weight is 695 g/mol. The van der Waals surface area contributed by atoms with Crippen molar-refractivity contribution >= 4 is 17.6 Å². The molecule has 50 heavy (non-hydrogen) atoms. The third-order valence-electron chi connectivity index (χ3n) is 7.11. The number of aliphatic hydroxyl groups excluding tert-OH is 3. The van der Waals surface area contributed by atoms with E-state index in [4.69, 9.17) is 23.7 Å². The number of aromatic hydroxyl groups is 1. The number of nitrogens with one attached hydrogen (secondary N) is 1. The molecule has 1 aliphatic carbocycles. The Morgan fingerprint density at radius 2 is 1.54 bits per heavy atom. The van der Waals surface area contributed by atoms with E-state index in [1.54, 1.807) is 55.5 Å². The van der Waals surface area contributed by atoms with Gasteiger partial charge in [-0.2, -0.15) is 9.97 Å². The van der Waals surface area contributed by atoms with Gasteiger partial charge in [-0.05, 0) is 83.2 Å². The molecule has 3 aromatic rings. The number of aromatic nitrogens is 3. The van der Waals surface area contributed by atoms with Crippen molar-refractivity contribution in [2.45, 2.75) is 71.1 Å². The van der Waals surface area contributed by atoms with Crippen molar-refractivity contribution in [2.75, 3.05) is 38.4 Å². The number of ether oxygens (including phenoxy) is 5. The van der Waals surface area contributed by atoms with Crippen molar-refractivity contribution < 1.29 is 48.9 Å². The van der Waals surface area contributed by atoms with E-state index in [9.17, 15) is 25.2 Å². The summed E-state index contributed by atoms with van der Waals surface area (Å²) in [6.45, 7) is 9.62. The third kappa shape index (κ3) is 11.5. The van der Waals surface area contributed by atoms with Gasteiger partial charge < -0.3 is 49.4 Å². The highest BCUT2D eigenvalue weighted by molar-refractivity contribution is 5.89. The lowest BCUT2D eigenvalue weighted by Gasteiger charge is -2.22. The Morgan fingerprint density at radius 1 is 0.880 bits per heavy atom. The van der Waals surface area contributed by atoms with Crippen LogP contribution >= 0.6 is 0 Å². The number of nitrogens with zero attached hydrogens (tertiary/aromatic N) is 3. The zero-order valence-corrected chi connectivity index (χ0v) is 28.9. The van der Waals surface area contributed by atoms with E-state index in [-0.39, 0.29) is 74.2 Å². The third-order valence-corrected chi connectivity index (χ3v) is 7.11. The van der Waals surface area contributed by atoms with Crippen LogP contribution in [0.1, 0.15) is 56.7 Å². The van der Waals surface area contributed by atoms with Gasteiger partial charge in [-0.3, -0.25) is 0 Å². The molecular formula is C36H46N4O10. The summed E-state index contributed by atoms with van der Waals surface area (Å²) in [4.78, 5) is 25.8. The Labute approximate surface area is 291 Å². The first-order valence-electron chi connectivity index (χ1n) is 16.5. The maximum absolute atomic E-state index is 12.1. The monoisotopic (exact) mass is 694 g/mol. The molecule has 0 spiro atoms.